The number of nitrogens with zero attached hydrogens (tertiary/aromatic N) is 1. The second kappa shape index (κ2) is 10.3. The maximum Gasteiger partial charge on any atom is 0.0184 e. The molecule has 0 saturated carbocycles. The lowest BCUT2D eigenvalue weighted by atomic mass is 10.1. The van der Waals surface area contributed by atoms with Crippen LogP contribution in [0.5, 0.6) is 0 Å². The summed E-state index contributed by atoms with van der Waals surface area (Å²) in [5.41, 5.74) is 1.72. The summed E-state index contributed by atoms with van der Waals surface area (Å²) in [7, 11) is 2.21. The molecular formula is C18H32N2S. The minimum atomic E-state index is 0.286. The highest BCUT2D eigenvalue weighted by molar-refractivity contribution is 7.98. The van der Waals surface area contributed by atoms with Gasteiger partial charge < -0.3 is 10.2 Å². The highest BCUT2D eigenvalue weighted by atomic mass is 32.2. The third-order valence-electron chi connectivity index (χ3n) is 3.75. The van der Waals surface area contributed by atoms with Crippen LogP contribution in [0.4, 0.5) is 0 Å². The molecule has 0 heterocycles. The van der Waals surface area contributed by atoms with Gasteiger partial charge in [-0.25, -0.2) is 0 Å². The molecule has 1 rings (SSSR count). The molecule has 0 radical (unpaired) electrons. The van der Waals surface area contributed by atoms with Gasteiger partial charge in [-0.15, -0.1) is 0 Å². The minimum Gasteiger partial charge on any atom is -0.317 e. The molecule has 0 aromatic heterocycles. The zero-order valence-corrected chi connectivity index (χ0v) is 15.0. The normalized spacial score (nSPS) is 12.0. The van der Waals surface area contributed by atoms with E-state index in [-0.39, 0.29) is 5.54 Å². The highest BCUT2D eigenvalue weighted by Gasteiger charge is 2.15. The number of nitrogens with one attached hydrogen (secondary N) is 1. The molecule has 0 spiro atoms. The molecule has 0 fully saturated rings. The van der Waals surface area contributed by atoms with E-state index in [4.69, 9.17) is 0 Å². The standard InChI is InChI=1S/C18H32N2S/c1-18(2,3)20(4)14-8-12-19-13-9-15-21-16-17-10-6-5-7-11-17/h5-7,10-11,19H,8-9,12-16H2,1-4H3. The van der Waals surface area contributed by atoms with Crippen LogP contribution in [0.3, 0.4) is 0 Å². The Morgan fingerprint density at radius 3 is 2.38 bits per heavy atom. The van der Waals surface area contributed by atoms with Crippen LogP contribution < -0.4 is 5.32 Å². The van der Waals surface area contributed by atoms with E-state index in [1.165, 1.54) is 30.7 Å². The summed E-state index contributed by atoms with van der Waals surface area (Å²) in [4.78, 5) is 2.42. The molecule has 0 aliphatic rings. The summed E-state index contributed by atoms with van der Waals surface area (Å²) in [5, 5.41) is 3.55. The molecular weight excluding hydrogens is 276 g/mol. The van der Waals surface area contributed by atoms with Crippen molar-refractivity contribution >= 4 is 11.8 Å². The smallest absolute Gasteiger partial charge is 0.0184 e. The molecule has 1 N–H and O–H groups in total. The van der Waals surface area contributed by atoms with Crippen molar-refractivity contribution in [3.8, 4) is 0 Å². The molecule has 3 heteroatoms. The first-order valence-corrected chi connectivity index (χ1v) is 9.19. The molecule has 0 unspecified atom stereocenters. The summed E-state index contributed by atoms with van der Waals surface area (Å²) in [6, 6.07) is 10.7. The number of benzene rings is 1. The van der Waals surface area contributed by atoms with Gasteiger partial charge in [-0.1, -0.05) is 30.3 Å². The summed E-state index contributed by atoms with van der Waals surface area (Å²) in [5.74, 6) is 2.38. The molecule has 1 aromatic rings. The lowest BCUT2D eigenvalue weighted by Crippen LogP contribution is -2.39. The average Bonchev–Trinajstić information content (AvgIpc) is 2.45. The molecule has 0 aliphatic heterocycles. The van der Waals surface area contributed by atoms with Gasteiger partial charge in [0.25, 0.3) is 0 Å². The maximum atomic E-state index is 3.55. The van der Waals surface area contributed by atoms with E-state index < -0.39 is 0 Å². The topological polar surface area (TPSA) is 15.3 Å². The van der Waals surface area contributed by atoms with Crippen molar-refractivity contribution in [1.29, 1.82) is 0 Å². The summed E-state index contributed by atoms with van der Waals surface area (Å²) < 4.78 is 0. The fraction of sp³-hybridized carbons (Fsp3) is 0.667. The second-order valence-electron chi connectivity index (χ2n) is 6.59. The number of thioether (sulfide) groups is 1. The van der Waals surface area contributed by atoms with Crippen LogP contribution in [0.1, 0.15) is 39.2 Å². The number of rotatable bonds is 10. The molecule has 120 valence electrons. The zero-order valence-electron chi connectivity index (χ0n) is 14.2. The van der Waals surface area contributed by atoms with E-state index in [9.17, 15) is 0 Å². The van der Waals surface area contributed by atoms with E-state index in [1.54, 1.807) is 0 Å². The Balaban J connectivity index is 1.89. The Hall–Kier alpha value is -0.510. The van der Waals surface area contributed by atoms with Crippen molar-refractivity contribution in [2.75, 3.05) is 32.4 Å². The van der Waals surface area contributed by atoms with Crippen molar-refractivity contribution in [3.05, 3.63) is 35.9 Å². The molecule has 0 atom stereocenters. The fourth-order valence-electron chi connectivity index (χ4n) is 1.97. The Bertz CT molecular complexity index is 359. The predicted molar refractivity (Wildman–Crippen MR) is 97.1 cm³/mol. The second-order valence-corrected chi connectivity index (χ2v) is 7.69. The Morgan fingerprint density at radius 1 is 1.05 bits per heavy atom. The van der Waals surface area contributed by atoms with Crippen LogP contribution in [0, 0.1) is 0 Å². The lowest BCUT2D eigenvalue weighted by Gasteiger charge is -2.31. The van der Waals surface area contributed by atoms with Crippen molar-refractivity contribution < 1.29 is 0 Å². The predicted octanol–water partition coefficient (Wildman–Crippen LogP) is 4.02. The van der Waals surface area contributed by atoms with Gasteiger partial charge in [-0.05, 0) is 71.6 Å². The Labute approximate surface area is 135 Å². The summed E-state index contributed by atoms with van der Waals surface area (Å²) >= 11 is 2.03. The van der Waals surface area contributed by atoms with Gasteiger partial charge in [0.15, 0.2) is 0 Å². The van der Waals surface area contributed by atoms with Crippen LogP contribution in [0.2, 0.25) is 0 Å². The van der Waals surface area contributed by atoms with E-state index in [1.807, 2.05) is 11.8 Å². The van der Waals surface area contributed by atoms with Crippen molar-refractivity contribution in [2.45, 2.75) is 44.9 Å². The van der Waals surface area contributed by atoms with Gasteiger partial charge >= 0.3 is 0 Å². The van der Waals surface area contributed by atoms with Crippen molar-refractivity contribution in [3.63, 3.8) is 0 Å². The summed E-state index contributed by atoms with van der Waals surface area (Å²) in [6.45, 7) is 10.2. The molecule has 0 aliphatic carbocycles. The average molecular weight is 309 g/mol. The maximum absolute atomic E-state index is 3.55. The quantitative estimate of drug-likeness (QED) is 0.657. The van der Waals surface area contributed by atoms with Crippen LogP contribution >= 0.6 is 11.8 Å². The van der Waals surface area contributed by atoms with Crippen LogP contribution in [-0.2, 0) is 5.75 Å². The Morgan fingerprint density at radius 2 is 1.71 bits per heavy atom. The Kier molecular flexibility index (Phi) is 9.05. The first kappa shape index (κ1) is 18.5. The fourth-order valence-corrected chi connectivity index (χ4v) is 2.89. The third kappa shape index (κ3) is 9.18. The largest absolute Gasteiger partial charge is 0.317 e. The van der Waals surface area contributed by atoms with Gasteiger partial charge in [0, 0.05) is 11.3 Å². The van der Waals surface area contributed by atoms with Gasteiger partial charge in [-0.2, -0.15) is 11.8 Å². The SMILES string of the molecule is CN(CCCNCCCSCc1ccccc1)C(C)(C)C. The van der Waals surface area contributed by atoms with Crippen LogP contribution in [0.15, 0.2) is 30.3 Å². The lowest BCUT2D eigenvalue weighted by molar-refractivity contribution is 0.173. The van der Waals surface area contributed by atoms with E-state index in [0.29, 0.717) is 0 Å². The van der Waals surface area contributed by atoms with Gasteiger partial charge in [0.2, 0.25) is 0 Å². The third-order valence-corrected chi connectivity index (χ3v) is 4.86. The van der Waals surface area contributed by atoms with Gasteiger partial charge in [0.1, 0.15) is 0 Å². The summed E-state index contributed by atoms with van der Waals surface area (Å²) in [6.07, 6.45) is 2.48. The van der Waals surface area contributed by atoms with Crippen molar-refractivity contribution in [2.24, 2.45) is 0 Å². The molecule has 1 aromatic carbocycles. The van der Waals surface area contributed by atoms with Crippen molar-refractivity contribution in [1.82, 2.24) is 10.2 Å². The highest BCUT2D eigenvalue weighted by Crippen LogP contribution is 2.12. The molecule has 0 bridgehead atoms. The van der Waals surface area contributed by atoms with E-state index >= 15 is 0 Å². The first-order valence-electron chi connectivity index (χ1n) is 8.04. The molecule has 2 nitrogen and oxygen atoms in total. The van der Waals surface area contributed by atoms with Gasteiger partial charge in [-0.3, -0.25) is 0 Å². The zero-order chi connectivity index (χ0) is 15.6. The number of hydrogen-bond acceptors (Lipinski definition) is 3. The van der Waals surface area contributed by atoms with E-state index in [0.717, 1.165) is 18.8 Å². The first-order chi connectivity index (χ1) is 10.00. The molecule has 21 heavy (non-hydrogen) atoms. The number of hydrogen-bond donors (Lipinski definition) is 1. The molecule has 0 amide bonds. The minimum absolute atomic E-state index is 0.286. The van der Waals surface area contributed by atoms with E-state index in [2.05, 4.69) is 68.4 Å². The van der Waals surface area contributed by atoms with Crippen LogP contribution in [-0.4, -0.2) is 42.9 Å². The molecule has 0 saturated heterocycles. The van der Waals surface area contributed by atoms with Gasteiger partial charge in [0.05, 0.1) is 0 Å². The van der Waals surface area contributed by atoms with Crippen LogP contribution in [0.25, 0.3) is 0 Å². The monoisotopic (exact) mass is 308 g/mol.